The van der Waals surface area contributed by atoms with Gasteiger partial charge in [0.25, 0.3) is 0 Å². The van der Waals surface area contributed by atoms with Crippen LogP contribution in [0.4, 0.5) is 5.69 Å². The molecule has 0 bridgehead atoms. The van der Waals surface area contributed by atoms with Gasteiger partial charge in [0.15, 0.2) is 0 Å². The molecule has 1 aromatic heterocycles. The smallest absolute Gasteiger partial charge is 0.0413 e. The molecule has 0 fully saturated rings. The minimum absolute atomic E-state index is 0.690. The van der Waals surface area contributed by atoms with Gasteiger partial charge >= 0.3 is 0 Å². The van der Waals surface area contributed by atoms with Gasteiger partial charge in [-0.05, 0) is 42.3 Å². The molecule has 1 heterocycles. The lowest BCUT2D eigenvalue weighted by Gasteiger charge is -2.08. The van der Waals surface area contributed by atoms with Crippen LogP contribution in [-0.4, -0.2) is 4.98 Å². The summed E-state index contributed by atoms with van der Waals surface area (Å²) in [5.41, 5.74) is 9.77. The molecule has 0 aliphatic rings. The topological polar surface area (TPSA) is 38.9 Å². The van der Waals surface area contributed by atoms with Crippen molar-refractivity contribution in [2.45, 2.75) is 6.92 Å². The molecule has 2 nitrogen and oxygen atoms in total. The summed E-state index contributed by atoms with van der Waals surface area (Å²) >= 11 is 5.95. The highest BCUT2D eigenvalue weighted by Crippen LogP contribution is 2.30. The molecule has 0 radical (unpaired) electrons. The van der Waals surface area contributed by atoms with Crippen LogP contribution in [0.25, 0.3) is 11.1 Å². The maximum Gasteiger partial charge on any atom is 0.0413 e. The van der Waals surface area contributed by atoms with E-state index in [1.807, 2.05) is 31.3 Å². The van der Waals surface area contributed by atoms with Gasteiger partial charge in [0.05, 0.1) is 0 Å². The van der Waals surface area contributed by atoms with Gasteiger partial charge in [0.1, 0.15) is 0 Å². The highest BCUT2D eigenvalue weighted by Gasteiger charge is 2.05. The summed E-state index contributed by atoms with van der Waals surface area (Å²) in [5.74, 6) is 0. The first-order valence-corrected chi connectivity index (χ1v) is 5.02. The van der Waals surface area contributed by atoms with Crippen molar-refractivity contribution < 1.29 is 0 Å². The zero-order chi connectivity index (χ0) is 10.8. The van der Waals surface area contributed by atoms with Crippen LogP contribution in [0.15, 0.2) is 36.7 Å². The zero-order valence-corrected chi connectivity index (χ0v) is 9.12. The van der Waals surface area contributed by atoms with E-state index < -0.39 is 0 Å². The lowest BCUT2D eigenvalue weighted by atomic mass is 10.0. The number of anilines is 1. The van der Waals surface area contributed by atoms with Gasteiger partial charge in [-0.25, -0.2) is 0 Å². The number of nitrogens with zero attached hydrogens (tertiary/aromatic N) is 1. The van der Waals surface area contributed by atoms with Gasteiger partial charge in [-0.2, -0.15) is 0 Å². The third-order valence-corrected chi connectivity index (χ3v) is 2.56. The Balaban J connectivity index is 2.64. The minimum atomic E-state index is 0.690. The Bertz CT molecular complexity index is 495. The van der Waals surface area contributed by atoms with Crippen LogP contribution in [-0.2, 0) is 0 Å². The SMILES string of the molecule is Cc1cnccc1-c1cc(Cl)ccc1N. The van der Waals surface area contributed by atoms with E-state index in [0.29, 0.717) is 5.02 Å². The van der Waals surface area contributed by atoms with Crippen LogP contribution in [0.1, 0.15) is 5.56 Å². The van der Waals surface area contributed by atoms with Crippen LogP contribution in [0.5, 0.6) is 0 Å². The molecule has 76 valence electrons. The predicted molar refractivity (Wildman–Crippen MR) is 63.8 cm³/mol. The monoisotopic (exact) mass is 218 g/mol. The summed E-state index contributed by atoms with van der Waals surface area (Å²) in [7, 11) is 0. The van der Waals surface area contributed by atoms with E-state index in [4.69, 9.17) is 17.3 Å². The maximum absolute atomic E-state index is 5.95. The highest BCUT2D eigenvalue weighted by atomic mass is 35.5. The molecule has 3 heteroatoms. The second-order valence-corrected chi connectivity index (χ2v) is 3.86. The molecule has 2 aromatic rings. The highest BCUT2D eigenvalue weighted by molar-refractivity contribution is 6.31. The fraction of sp³-hybridized carbons (Fsp3) is 0.0833. The van der Waals surface area contributed by atoms with Gasteiger partial charge in [-0.1, -0.05) is 11.6 Å². The van der Waals surface area contributed by atoms with Gasteiger partial charge in [0, 0.05) is 28.7 Å². The number of nitrogen functional groups attached to an aromatic ring is 1. The Morgan fingerprint density at radius 2 is 2.00 bits per heavy atom. The summed E-state index contributed by atoms with van der Waals surface area (Å²) in [6, 6.07) is 7.42. The van der Waals surface area contributed by atoms with Crippen molar-refractivity contribution in [1.29, 1.82) is 0 Å². The molecule has 0 saturated heterocycles. The number of nitrogens with two attached hydrogens (primary N) is 1. The number of halogens is 1. The predicted octanol–water partition coefficient (Wildman–Crippen LogP) is 3.29. The molecule has 0 spiro atoms. The molecule has 0 atom stereocenters. The molecule has 0 saturated carbocycles. The molecule has 2 rings (SSSR count). The van der Waals surface area contributed by atoms with Crippen molar-refractivity contribution >= 4 is 17.3 Å². The molecule has 1 aromatic carbocycles. The Morgan fingerprint density at radius 3 is 2.73 bits per heavy atom. The van der Waals surface area contributed by atoms with Crippen LogP contribution in [0.3, 0.4) is 0 Å². The second-order valence-electron chi connectivity index (χ2n) is 3.42. The number of benzene rings is 1. The van der Waals surface area contributed by atoms with E-state index in [2.05, 4.69) is 4.98 Å². The van der Waals surface area contributed by atoms with Crippen LogP contribution in [0, 0.1) is 6.92 Å². The average Bonchev–Trinajstić information content (AvgIpc) is 2.23. The van der Waals surface area contributed by atoms with Crippen molar-refractivity contribution in [2.24, 2.45) is 0 Å². The van der Waals surface area contributed by atoms with Gasteiger partial charge in [-0.15, -0.1) is 0 Å². The number of rotatable bonds is 1. The minimum Gasteiger partial charge on any atom is -0.398 e. The van der Waals surface area contributed by atoms with Gasteiger partial charge in [-0.3, -0.25) is 4.98 Å². The normalized spacial score (nSPS) is 10.3. The number of pyridine rings is 1. The number of hydrogen-bond acceptors (Lipinski definition) is 2. The Hall–Kier alpha value is -1.54. The van der Waals surface area contributed by atoms with Crippen LogP contribution in [0.2, 0.25) is 5.02 Å². The molecular weight excluding hydrogens is 208 g/mol. The maximum atomic E-state index is 5.95. The fourth-order valence-electron chi connectivity index (χ4n) is 1.54. The molecule has 0 amide bonds. The van der Waals surface area contributed by atoms with Crippen molar-refractivity contribution in [3.05, 3.63) is 47.2 Å². The summed E-state index contributed by atoms with van der Waals surface area (Å²) < 4.78 is 0. The Kier molecular flexibility index (Phi) is 2.60. The largest absolute Gasteiger partial charge is 0.398 e. The van der Waals surface area contributed by atoms with E-state index in [0.717, 1.165) is 22.4 Å². The summed E-state index contributed by atoms with van der Waals surface area (Å²) in [4.78, 5) is 4.05. The standard InChI is InChI=1S/C12H11ClN2/c1-8-7-15-5-4-10(8)11-6-9(13)2-3-12(11)14/h2-7H,14H2,1H3. The Labute approximate surface area is 93.7 Å². The fourth-order valence-corrected chi connectivity index (χ4v) is 1.71. The molecule has 15 heavy (non-hydrogen) atoms. The summed E-state index contributed by atoms with van der Waals surface area (Å²) in [6.07, 6.45) is 3.57. The number of aromatic nitrogens is 1. The van der Waals surface area contributed by atoms with Crippen molar-refractivity contribution in [3.8, 4) is 11.1 Å². The van der Waals surface area contributed by atoms with Gasteiger partial charge < -0.3 is 5.73 Å². The van der Waals surface area contributed by atoms with E-state index in [-0.39, 0.29) is 0 Å². The molecule has 0 aliphatic carbocycles. The summed E-state index contributed by atoms with van der Waals surface area (Å²) in [6.45, 7) is 2.00. The first-order valence-electron chi connectivity index (χ1n) is 4.64. The number of hydrogen-bond donors (Lipinski definition) is 1. The first kappa shape index (κ1) is 9.99. The van der Waals surface area contributed by atoms with Crippen molar-refractivity contribution in [3.63, 3.8) is 0 Å². The van der Waals surface area contributed by atoms with E-state index in [1.165, 1.54) is 0 Å². The molecular formula is C12H11ClN2. The molecule has 0 unspecified atom stereocenters. The lowest BCUT2D eigenvalue weighted by Crippen LogP contribution is -1.92. The van der Waals surface area contributed by atoms with E-state index in [9.17, 15) is 0 Å². The number of aryl methyl sites for hydroxylation is 1. The molecule has 0 aliphatic heterocycles. The first-order chi connectivity index (χ1) is 7.18. The summed E-state index contributed by atoms with van der Waals surface area (Å²) in [5, 5.41) is 0.690. The third-order valence-electron chi connectivity index (χ3n) is 2.33. The zero-order valence-electron chi connectivity index (χ0n) is 8.37. The Morgan fingerprint density at radius 1 is 1.20 bits per heavy atom. The van der Waals surface area contributed by atoms with Crippen LogP contribution < -0.4 is 5.73 Å². The van der Waals surface area contributed by atoms with E-state index in [1.54, 1.807) is 12.3 Å². The average molecular weight is 219 g/mol. The molecule has 2 N–H and O–H groups in total. The lowest BCUT2D eigenvalue weighted by molar-refractivity contribution is 1.27. The van der Waals surface area contributed by atoms with Crippen molar-refractivity contribution in [1.82, 2.24) is 4.98 Å². The van der Waals surface area contributed by atoms with Gasteiger partial charge in [0.2, 0.25) is 0 Å². The second kappa shape index (κ2) is 3.91. The van der Waals surface area contributed by atoms with Crippen LogP contribution >= 0.6 is 11.6 Å². The van der Waals surface area contributed by atoms with E-state index >= 15 is 0 Å². The van der Waals surface area contributed by atoms with Crippen molar-refractivity contribution in [2.75, 3.05) is 5.73 Å². The third kappa shape index (κ3) is 1.95. The quantitative estimate of drug-likeness (QED) is 0.746.